The second-order valence-corrected chi connectivity index (χ2v) is 5.57. The highest BCUT2D eigenvalue weighted by molar-refractivity contribution is 5.32. The minimum Gasteiger partial charge on any atom is -0.0596 e. The van der Waals surface area contributed by atoms with Gasteiger partial charge in [-0.1, -0.05) is 20.8 Å². The Labute approximate surface area is 63.0 Å². The second-order valence-electron chi connectivity index (χ2n) is 5.57. The Morgan fingerprint density at radius 1 is 0.900 bits per heavy atom. The van der Waals surface area contributed by atoms with Gasteiger partial charge in [-0.3, -0.25) is 0 Å². The van der Waals surface area contributed by atoms with Crippen LogP contribution in [0.1, 0.15) is 33.6 Å². The van der Waals surface area contributed by atoms with E-state index < -0.39 is 0 Å². The summed E-state index contributed by atoms with van der Waals surface area (Å²) in [6.07, 6.45) is 3.01. The van der Waals surface area contributed by atoms with Gasteiger partial charge in [-0.25, -0.2) is 0 Å². The van der Waals surface area contributed by atoms with Gasteiger partial charge in [-0.2, -0.15) is 0 Å². The summed E-state index contributed by atoms with van der Waals surface area (Å²) in [4.78, 5) is 0. The van der Waals surface area contributed by atoms with Crippen LogP contribution in [0.5, 0.6) is 0 Å². The van der Waals surface area contributed by atoms with Crippen molar-refractivity contribution in [3.8, 4) is 0 Å². The summed E-state index contributed by atoms with van der Waals surface area (Å²) in [6.45, 7) is 7.42. The first-order valence-electron chi connectivity index (χ1n) is 4.57. The molecule has 4 saturated carbocycles. The Morgan fingerprint density at radius 2 is 1.50 bits per heavy atom. The van der Waals surface area contributed by atoms with Crippen LogP contribution in [-0.2, 0) is 0 Å². The van der Waals surface area contributed by atoms with Crippen LogP contribution in [0.3, 0.4) is 0 Å². The van der Waals surface area contributed by atoms with Crippen LogP contribution in [-0.4, -0.2) is 0 Å². The van der Waals surface area contributed by atoms with Gasteiger partial charge in [-0.05, 0) is 41.4 Å². The fraction of sp³-hybridized carbons (Fsp3) is 1.00. The SMILES string of the molecule is CC1(C)CCC2(C)C3C1C32. The normalized spacial score (nSPS) is 66.9. The smallest absolute Gasteiger partial charge is 0.0257 e. The maximum atomic E-state index is 2.49. The van der Waals surface area contributed by atoms with Crippen molar-refractivity contribution in [2.24, 2.45) is 28.6 Å². The lowest BCUT2D eigenvalue weighted by atomic mass is 9.64. The molecule has 56 valence electrons. The average molecular weight is 136 g/mol. The third-order valence-corrected chi connectivity index (χ3v) is 4.64. The van der Waals surface area contributed by atoms with Crippen LogP contribution in [0.4, 0.5) is 0 Å². The van der Waals surface area contributed by atoms with Gasteiger partial charge in [0.05, 0.1) is 0 Å². The van der Waals surface area contributed by atoms with Crippen LogP contribution in [0.2, 0.25) is 0 Å². The van der Waals surface area contributed by atoms with Crippen molar-refractivity contribution >= 4 is 0 Å². The lowest BCUT2D eigenvalue weighted by Gasteiger charge is -2.41. The van der Waals surface area contributed by atoms with E-state index >= 15 is 0 Å². The van der Waals surface area contributed by atoms with Crippen molar-refractivity contribution in [3.05, 3.63) is 0 Å². The highest BCUT2D eigenvalue weighted by Gasteiger charge is 2.85. The standard InChI is InChI=1S/C10H16/c1-9(2)4-5-10(3)7-6(9)8(7)10/h6-8H,4-5H2,1-3H3. The molecule has 4 rings (SSSR count). The molecule has 2 unspecified atom stereocenters. The first kappa shape index (κ1) is 5.62. The molecule has 10 heavy (non-hydrogen) atoms. The van der Waals surface area contributed by atoms with Crippen LogP contribution in [0.15, 0.2) is 0 Å². The van der Waals surface area contributed by atoms with Gasteiger partial charge in [0.1, 0.15) is 0 Å². The molecule has 0 aromatic carbocycles. The highest BCUT2D eigenvalue weighted by atomic mass is 14.9. The van der Waals surface area contributed by atoms with Gasteiger partial charge < -0.3 is 0 Å². The first-order valence-corrected chi connectivity index (χ1v) is 4.57. The minimum absolute atomic E-state index is 0.715. The Morgan fingerprint density at radius 3 is 1.90 bits per heavy atom. The van der Waals surface area contributed by atoms with Crippen molar-refractivity contribution < 1.29 is 0 Å². The molecular formula is C10H16. The van der Waals surface area contributed by atoms with Crippen molar-refractivity contribution in [2.45, 2.75) is 33.6 Å². The summed E-state index contributed by atoms with van der Waals surface area (Å²) in [6, 6.07) is 0. The average Bonchev–Trinajstić information content (AvgIpc) is 2.62. The minimum atomic E-state index is 0.715. The molecule has 0 aromatic heterocycles. The number of rotatable bonds is 0. The van der Waals surface area contributed by atoms with Gasteiger partial charge in [0.25, 0.3) is 0 Å². The molecule has 0 heteroatoms. The van der Waals surface area contributed by atoms with E-state index in [-0.39, 0.29) is 0 Å². The molecule has 2 bridgehead atoms. The molecule has 0 amide bonds. The zero-order chi connectivity index (χ0) is 7.15. The van der Waals surface area contributed by atoms with E-state index in [0.29, 0.717) is 5.41 Å². The molecule has 2 atom stereocenters. The predicted molar refractivity (Wildman–Crippen MR) is 41.6 cm³/mol. The molecular weight excluding hydrogens is 120 g/mol. The Balaban J connectivity index is 1.92. The molecule has 0 N–H and O–H groups in total. The Hall–Kier alpha value is 0. The maximum absolute atomic E-state index is 2.49. The molecule has 0 radical (unpaired) electrons. The van der Waals surface area contributed by atoms with Crippen LogP contribution >= 0.6 is 0 Å². The molecule has 0 heterocycles. The first-order chi connectivity index (χ1) is 4.57. The number of hydrogen-bond donors (Lipinski definition) is 0. The van der Waals surface area contributed by atoms with Crippen LogP contribution in [0.25, 0.3) is 0 Å². The fourth-order valence-corrected chi connectivity index (χ4v) is 3.71. The zero-order valence-corrected chi connectivity index (χ0v) is 7.15. The number of fused-ring (bicyclic) bond motifs is 2. The molecule has 0 aliphatic heterocycles. The van der Waals surface area contributed by atoms with Crippen LogP contribution in [0, 0.1) is 28.6 Å². The van der Waals surface area contributed by atoms with Gasteiger partial charge in [0.15, 0.2) is 0 Å². The van der Waals surface area contributed by atoms with Crippen molar-refractivity contribution in [3.63, 3.8) is 0 Å². The molecule has 4 aliphatic carbocycles. The van der Waals surface area contributed by atoms with Crippen molar-refractivity contribution in [1.29, 1.82) is 0 Å². The highest BCUT2D eigenvalue weighted by Crippen LogP contribution is 2.90. The largest absolute Gasteiger partial charge is 0.0596 e. The van der Waals surface area contributed by atoms with E-state index in [9.17, 15) is 0 Å². The van der Waals surface area contributed by atoms with E-state index in [4.69, 9.17) is 0 Å². The van der Waals surface area contributed by atoms with Crippen molar-refractivity contribution in [2.75, 3.05) is 0 Å². The van der Waals surface area contributed by atoms with Crippen molar-refractivity contribution in [1.82, 2.24) is 0 Å². The molecule has 4 aliphatic rings. The van der Waals surface area contributed by atoms with E-state index in [0.717, 1.165) is 11.3 Å². The third-order valence-electron chi connectivity index (χ3n) is 4.64. The van der Waals surface area contributed by atoms with E-state index in [1.807, 2.05) is 0 Å². The fourth-order valence-electron chi connectivity index (χ4n) is 3.71. The van der Waals surface area contributed by atoms with Gasteiger partial charge >= 0.3 is 0 Å². The molecule has 4 fully saturated rings. The second kappa shape index (κ2) is 1.09. The maximum Gasteiger partial charge on any atom is -0.0257 e. The van der Waals surface area contributed by atoms with Gasteiger partial charge in [0.2, 0.25) is 0 Å². The quantitative estimate of drug-likeness (QED) is 0.480. The molecule has 0 saturated heterocycles. The van der Waals surface area contributed by atoms with E-state index in [2.05, 4.69) is 20.8 Å². The summed E-state index contributed by atoms with van der Waals surface area (Å²) >= 11 is 0. The van der Waals surface area contributed by atoms with Gasteiger partial charge in [0, 0.05) is 0 Å². The lowest BCUT2D eigenvalue weighted by Crippen LogP contribution is -2.33. The Kier molecular flexibility index (Phi) is 0.612. The molecule has 0 spiro atoms. The summed E-state index contributed by atoms with van der Waals surface area (Å²) in [7, 11) is 0. The molecule has 0 nitrogen and oxygen atoms in total. The van der Waals surface area contributed by atoms with Crippen LogP contribution < -0.4 is 0 Å². The predicted octanol–water partition coefficient (Wildman–Crippen LogP) is 2.69. The Bertz CT molecular complexity index is 192. The lowest BCUT2D eigenvalue weighted by molar-refractivity contribution is 0.0813. The zero-order valence-electron chi connectivity index (χ0n) is 7.15. The van der Waals surface area contributed by atoms with Gasteiger partial charge in [-0.15, -0.1) is 0 Å². The monoisotopic (exact) mass is 136 g/mol. The summed E-state index contributed by atoms with van der Waals surface area (Å²) < 4.78 is 0. The van der Waals surface area contributed by atoms with E-state index in [1.165, 1.54) is 24.7 Å². The molecule has 0 aromatic rings. The number of hydrogen-bond acceptors (Lipinski definition) is 0. The van der Waals surface area contributed by atoms with E-state index in [1.54, 1.807) is 0 Å². The summed E-state index contributed by atoms with van der Waals surface area (Å²) in [5, 5.41) is 0. The summed E-state index contributed by atoms with van der Waals surface area (Å²) in [5.74, 6) is 3.50. The summed E-state index contributed by atoms with van der Waals surface area (Å²) in [5.41, 5.74) is 1.58. The third kappa shape index (κ3) is 0.360. The topological polar surface area (TPSA) is 0 Å².